The third kappa shape index (κ3) is 3.18. The molecular weight excluding hydrogens is 270 g/mol. The molecule has 0 radical (unpaired) electrons. The minimum absolute atomic E-state index is 0.142. The van der Waals surface area contributed by atoms with Crippen molar-refractivity contribution in [1.29, 1.82) is 0 Å². The van der Waals surface area contributed by atoms with Gasteiger partial charge >= 0.3 is 0 Å². The number of aromatic nitrogens is 3. The van der Waals surface area contributed by atoms with Crippen molar-refractivity contribution in [1.82, 2.24) is 20.4 Å². The van der Waals surface area contributed by atoms with Gasteiger partial charge in [0.15, 0.2) is 0 Å². The van der Waals surface area contributed by atoms with Gasteiger partial charge in [0, 0.05) is 37.6 Å². The van der Waals surface area contributed by atoms with Gasteiger partial charge in [-0.25, -0.2) is 9.97 Å². The maximum atomic E-state index is 12.0. The van der Waals surface area contributed by atoms with Gasteiger partial charge in [-0.2, -0.15) is 0 Å². The van der Waals surface area contributed by atoms with Crippen LogP contribution in [0.15, 0.2) is 29.0 Å². The van der Waals surface area contributed by atoms with E-state index in [1.165, 1.54) is 0 Å². The molecule has 3 heterocycles. The number of nitrogens with zero attached hydrogens (tertiary/aromatic N) is 4. The van der Waals surface area contributed by atoms with E-state index in [-0.39, 0.29) is 17.7 Å². The van der Waals surface area contributed by atoms with Crippen LogP contribution in [0.25, 0.3) is 0 Å². The number of carbonyl (C=O) groups is 1. The second kappa shape index (κ2) is 5.90. The zero-order valence-corrected chi connectivity index (χ0v) is 11.8. The van der Waals surface area contributed by atoms with Gasteiger partial charge in [-0.05, 0) is 25.8 Å². The van der Waals surface area contributed by atoms with E-state index in [4.69, 9.17) is 4.52 Å². The van der Waals surface area contributed by atoms with Crippen LogP contribution in [-0.2, 0) is 0 Å². The predicted molar refractivity (Wildman–Crippen MR) is 76.0 cm³/mol. The summed E-state index contributed by atoms with van der Waals surface area (Å²) in [5.74, 6) is 0.805. The zero-order chi connectivity index (χ0) is 14.7. The van der Waals surface area contributed by atoms with E-state index in [0.29, 0.717) is 5.69 Å². The molecule has 21 heavy (non-hydrogen) atoms. The lowest BCUT2D eigenvalue weighted by Gasteiger charge is -2.32. The maximum absolute atomic E-state index is 12.0. The molecule has 7 nitrogen and oxygen atoms in total. The van der Waals surface area contributed by atoms with Gasteiger partial charge in [-0.15, -0.1) is 0 Å². The Morgan fingerprint density at radius 2 is 2.05 bits per heavy atom. The fourth-order valence-electron chi connectivity index (χ4n) is 2.41. The van der Waals surface area contributed by atoms with E-state index < -0.39 is 0 Å². The Labute approximate surface area is 122 Å². The van der Waals surface area contributed by atoms with Crippen LogP contribution >= 0.6 is 0 Å². The largest absolute Gasteiger partial charge is 0.351 e. The van der Waals surface area contributed by atoms with Gasteiger partial charge in [-0.3, -0.25) is 4.79 Å². The molecule has 110 valence electrons. The molecule has 0 bridgehead atoms. The SMILES string of the molecule is Cc1cc(C(=O)NC2CCN(c3ncccn3)CC2)on1. The van der Waals surface area contributed by atoms with Crippen molar-refractivity contribution in [3.05, 3.63) is 36.0 Å². The van der Waals surface area contributed by atoms with Crippen molar-refractivity contribution in [3.8, 4) is 0 Å². The van der Waals surface area contributed by atoms with E-state index >= 15 is 0 Å². The van der Waals surface area contributed by atoms with Crippen molar-refractivity contribution in [3.63, 3.8) is 0 Å². The number of hydrogen-bond donors (Lipinski definition) is 1. The summed E-state index contributed by atoms with van der Waals surface area (Å²) in [6.45, 7) is 3.44. The summed E-state index contributed by atoms with van der Waals surface area (Å²) in [6.07, 6.45) is 5.19. The molecular formula is C14H17N5O2. The van der Waals surface area contributed by atoms with Crippen molar-refractivity contribution in [2.45, 2.75) is 25.8 Å². The van der Waals surface area contributed by atoms with Crippen LogP contribution in [0, 0.1) is 6.92 Å². The Bertz CT molecular complexity index is 605. The first-order chi connectivity index (χ1) is 10.2. The number of amides is 1. The average Bonchev–Trinajstić information content (AvgIpc) is 2.96. The highest BCUT2D eigenvalue weighted by Gasteiger charge is 2.23. The van der Waals surface area contributed by atoms with Crippen molar-refractivity contribution in [2.75, 3.05) is 18.0 Å². The molecule has 1 fully saturated rings. The summed E-state index contributed by atoms with van der Waals surface area (Å²) in [7, 11) is 0. The van der Waals surface area contributed by atoms with E-state index in [1.54, 1.807) is 31.5 Å². The van der Waals surface area contributed by atoms with Gasteiger partial charge < -0.3 is 14.7 Å². The molecule has 3 rings (SSSR count). The molecule has 1 amide bonds. The first-order valence-electron chi connectivity index (χ1n) is 6.98. The molecule has 2 aromatic rings. The van der Waals surface area contributed by atoms with Crippen molar-refractivity contribution >= 4 is 11.9 Å². The van der Waals surface area contributed by atoms with Crippen LogP contribution in [0.3, 0.4) is 0 Å². The number of anilines is 1. The monoisotopic (exact) mass is 287 g/mol. The average molecular weight is 287 g/mol. The summed E-state index contributed by atoms with van der Waals surface area (Å²) in [4.78, 5) is 22.6. The minimum atomic E-state index is -0.204. The van der Waals surface area contributed by atoms with Crippen LogP contribution in [0.5, 0.6) is 0 Å². The Morgan fingerprint density at radius 3 is 2.67 bits per heavy atom. The number of aryl methyl sites for hydroxylation is 1. The van der Waals surface area contributed by atoms with Crippen LogP contribution in [-0.4, -0.2) is 40.2 Å². The van der Waals surface area contributed by atoms with Gasteiger partial charge in [-0.1, -0.05) is 5.16 Å². The Morgan fingerprint density at radius 1 is 1.33 bits per heavy atom. The van der Waals surface area contributed by atoms with Crippen LogP contribution in [0.1, 0.15) is 29.1 Å². The summed E-state index contributed by atoms with van der Waals surface area (Å²) < 4.78 is 4.97. The molecule has 1 aliphatic heterocycles. The topological polar surface area (TPSA) is 84.2 Å². The molecule has 0 aromatic carbocycles. The number of hydrogen-bond acceptors (Lipinski definition) is 6. The smallest absolute Gasteiger partial charge is 0.290 e. The quantitative estimate of drug-likeness (QED) is 0.912. The highest BCUT2D eigenvalue weighted by Crippen LogP contribution is 2.15. The fourth-order valence-corrected chi connectivity index (χ4v) is 2.41. The number of nitrogens with one attached hydrogen (secondary N) is 1. The highest BCUT2D eigenvalue weighted by atomic mass is 16.5. The summed E-state index contributed by atoms with van der Waals surface area (Å²) in [6, 6.07) is 3.58. The molecule has 7 heteroatoms. The van der Waals surface area contributed by atoms with E-state index in [2.05, 4.69) is 25.3 Å². The molecule has 1 saturated heterocycles. The second-order valence-electron chi connectivity index (χ2n) is 5.12. The predicted octanol–water partition coefficient (Wildman–Crippen LogP) is 1.17. The summed E-state index contributed by atoms with van der Waals surface area (Å²) in [5, 5.41) is 6.70. The van der Waals surface area contributed by atoms with Crippen molar-refractivity contribution < 1.29 is 9.32 Å². The van der Waals surface area contributed by atoms with Gasteiger partial charge in [0.1, 0.15) is 0 Å². The molecule has 0 unspecified atom stereocenters. The minimum Gasteiger partial charge on any atom is -0.351 e. The maximum Gasteiger partial charge on any atom is 0.290 e. The number of carbonyl (C=O) groups excluding carboxylic acids is 1. The zero-order valence-electron chi connectivity index (χ0n) is 11.8. The lowest BCUT2D eigenvalue weighted by atomic mass is 10.1. The summed E-state index contributed by atoms with van der Waals surface area (Å²) in [5.41, 5.74) is 0.705. The second-order valence-corrected chi connectivity index (χ2v) is 5.12. The van der Waals surface area contributed by atoms with Gasteiger partial charge in [0.05, 0.1) is 5.69 Å². The fraction of sp³-hybridized carbons (Fsp3) is 0.429. The standard InChI is InChI=1S/C14H17N5O2/c1-10-9-12(21-18-10)13(20)17-11-3-7-19(8-4-11)14-15-5-2-6-16-14/h2,5-6,9,11H,3-4,7-8H2,1H3,(H,17,20). The molecule has 0 aliphatic carbocycles. The molecule has 1 N–H and O–H groups in total. The number of rotatable bonds is 3. The normalized spacial score (nSPS) is 16.0. The van der Waals surface area contributed by atoms with Gasteiger partial charge in [0.25, 0.3) is 5.91 Å². The molecule has 1 aliphatic rings. The molecule has 0 spiro atoms. The summed E-state index contributed by atoms with van der Waals surface area (Å²) >= 11 is 0. The van der Waals surface area contributed by atoms with Gasteiger partial charge in [0.2, 0.25) is 11.7 Å². The van der Waals surface area contributed by atoms with Crippen molar-refractivity contribution in [2.24, 2.45) is 0 Å². The van der Waals surface area contributed by atoms with E-state index in [9.17, 15) is 4.79 Å². The highest BCUT2D eigenvalue weighted by molar-refractivity contribution is 5.91. The lowest BCUT2D eigenvalue weighted by molar-refractivity contribution is 0.0893. The van der Waals surface area contributed by atoms with Crippen LogP contribution in [0.4, 0.5) is 5.95 Å². The van der Waals surface area contributed by atoms with E-state index in [0.717, 1.165) is 31.9 Å². The van der Waals surface area contributed by atoms with Crippen LogP contribution < -0.4 is 10.2 Å². The first kappa shape index (κ1) is 13.5. The molecule has 2 aromatic heterocycles. The number of piperidine rings is 1. The lowest BCUT2D eigenvalue weighted by Crippen LogP contribution is -2.45. The Hall–Kier alpha value is -2.44. The molecule has 0 saturated carbocycles. The molecule has 0 atom stereocenters. The Kier molecular flexibility index (Phi) is 3.81. The Balaban J connectivity index is 1.53. The first-order valence-corrected chi connectivity index (χ1v) is 6.98. The van der Waals surface area contributed by atoms with E-state index in [1.807, 2.05) is 0 Å². The third-order valence-electron chi connectivity index (χ3n) is 3.52. The van der Waals surface area contributed by atoms with Crippen LogP contribution in [0.2, 0.25) is 0 Å². The third-order valence-corrected chi connectivity index (χ3v) is 3.52.